The number of benzene rings is 1. The first kappa shape index (κ1) is 13.6. The van der Waals surface area contributed by atoms with Crippen LogP contribution in [0.3, 0.4) is 0 Å². The van der Waals surface area contributed by atoms with Gasteiger partial charge in [-0.2, -0.15) is 5.10 Å². The van der Waals surface area contributed by atoms with Crippen LogP contribution < -0.4 is 10.5 Å². The minimum atomic E-state index is -3.41. The Bertz CT molecular complexity index is 622. The Balaban J connectivity index is 1.99. The summed E-state index contributed by atoms with van der Waals surface area (Å²) in [5.41, 5.74) is 7.11. The highest BCUT2D eigenvalue weighted by atomic mass is 32.2. The molecule has 2 aromatic rings. The molecule has 7 heteroatoms. The number of aromatic amines is 1. The molecule has 2 rings (SSSR count). The van der Waals surface area contributed by atoms with Crippen LogP contribution in [0.15, 0.2) is 36.5 Å². The molecule has 0 atom stereocenters. The van der Waals surface area contributed by atoms with Crippen molar-refractivity contribution in [2.45, 2.75) is 13.0 Å². The lowest BCUT2D eigenvalue weighted by atomic mass is 10.2. The third kappa shape index (κ3) is 3.80. The van der Waals surface area contributed by atoms with Crippen molar-refractivity contribution in [1.82, 2.24) is 10.2 Å². The fourth-order valence-electron chi connectivity index (χ4n) is 1.66. The largest absolute Gasteiger partial charge is 0.326 e. The molecular weight excluding hydrogens is 264 g/mol. The molecule has 0 amide bonds. The second-order valence-corrected chi connectivity index (χ2v) is 5.97. The van der Waals surface area contributed by atoms with Gasteiger partial charge in [0.15, 0.2) is 0 Å². The zero-order chi connectivity index (χ0) is 13.7. The number of aryl methyl sites for hydroxylation is 1. The predicted octanol–water partition coefficient (Wildman–Crippen LogP) is 0.853. The summed E-state index contributed by atoms with van der Waals surface area (Å²) in [6, 6.07) is 9.47. The van der Waals surface area contributed by atoms with Crippen LogP contribution in [0.5, 0.6) is 0 Å². The van der Waals surface area contributed by atoms with Crippen molar-refractivity contribution in [2.24, 2.45) is 5.73 Å². The number of hydrogen-bond acceptors (Lipinski definition) is 4. The van der Waals surface area contributed by atoms with Crippen LogP contribution in [0, 0.1) is 0 Å². The number of hydrogen-bond donors (Lipinski definition) is 3. The summed E-state index contributed by atoms with van der Waals surface area (Å²) >= 11 is 0. The Hall–Kier alpha value is -1.86. The van der Waals surface area contributed by atoms with E-state index >= 15 is 0 Å². The summed E-state index contributed by atoms with van der Waals surface area (Å²) in [7, 11) is -3.41. The molecule has 0 aliphatic carbocycles. The molecule has 0 saturated carbocycles. The number of rotatable bonds is 6. The molecular formula is C12H16N4O2S. The lowest BCUT2D eigenvalue weighted by Crippen LogP contribution is -2.19. The summed E-state index contributed by atoms with van der Waals surface area (Å²) in [5.74, 6) is 0.357. The molecule has 0 unspecified atom stereocenters. The van der Waals surface area contributed by atoms with E-state index in [2.05, 4.69) is 14.9 Å². The number of sulfonamides is 1. The fraction of sp³-hybridized carbons (Fsp3) is 0.250. The Morgan fingerprint density at radius 3 is 2.68 bits per heavy atom. The van der Waals surface area contributed by atoms with Crippen LogP contribution in [0.1, 0.15) is 11.1 Å². The number of anilines is 1. The van der Waals surface area contributed by atoms with Gasteiger partial charge in [0.25, 0.3) is 0 Å². The van der Waals surface area contributed by atoms with Gasteiger partial charge >= 0.3 is 0 Å². The van der Waals surface area contributed by atoms with Gasteiger partial charge in [-0.15, -0.1) is 0 Å². The van der Waals surface area contributed by atoms with Gasteiger partial charge in [0.1, 0.15) is 5.82 Å². The van der Waals surface area contributed by atoms with Gasteiger partial charge in [0.2, 0.25) is 10.0 Å². The third-order valence-electron chi connectivity index (χ3n) is 2.70. The maximum absolute atomic E-state index is 11.9. The lowest BCUT2D eigenvalue weighted by Gasteiger charge is -2.07. The second kappa shape index (κ2) is 5.85. The minimum absolute atomic E-state index is 0.0139. The molecule has 0 spiro atoms. The third-order valence-corrected chi connectivity index (χ3v) is 3.95. The number of aromatic nitrogens is 2. The van der Waals surface area contributed by atoms with Crippen molar-refractivity contribution in [3.63, 3.8) is 0 Å². The molecule has 0 aliphatic rings. The van der Waals surface area contributed by atoms with Gasteiger partial charge in [0.05, 0.1) is 11.9 Å². The van der Waals surface area contributed by atoms with Gasteiger partial charge in [-0.1, -0.05) is 30.3 Å². The number of nitrogens with one attached hydrogen (secondary N) is 2. The zero-order valence-corrected chi connectivity index (χ0v) is 11.2. The molecule has 19 heavy (non-hydrogen) atoms. The monoisotopic (exact) mass is 280 g/mol. The standard InChI is InChI=1S/C12H16N4O2S/c13-8-11-9-14-15-12(11)16-19(17,18)7-6-10-4-2-1-3-5-10/h1-5,9H,6-8,13H2,(H2,14,15,16). The SMILES string of the molecule is NCc1cn[nH]c1NS(=O)(=O)CCc1ccccc1. The molecule has 102 valence electrons. The van der Waals surface area contributed by atoms with E-state index in [0.29, 0.717) is 17.8 Å². The zero-order valence-electron chi connectivity index (χ0n) is 10.3. The normalized spacial score (nSPS) is 11.4. The van der Waals surface area contributed by atoms with E-state index in [-0.39, 0.29) is 12.3 Å². The molecule has 0 saturated heterocycles. The maximum atomic E-state index is 11.9. The fourth-order valence-corrected chi connectivity index (χ4v) is 2.75. The molecule has 0 aliphatic heterocycles. The van der Waals surface area contributed by atoms with E-state index in [1.807, 2.05) is 30.3 Å². The molecule has 1 heterocycles. The molecule has 4 N–H and O–H groups in total. The Labute approximate surface area is 112 Å². The summed E-state index contributed by atoms with van der Waals surface area (Å²) < 4.78 is 26.3. The van der Waals surface area contributed by atoms with E-state index in [0.717, 1.165) is 5.56 Å². The van der Waals surface area contributed by atoms with E-state index in [1.54, 1.807) is 0 Å². The van der Waals surface area contributed by atoms with Crippen LogP contribution in [-0.2, 0) is 23.0 Å². The molecule has 0 radical (unpaired) electrons. The second-order valence-electron chi connectivity index (χ2n) is 4.13. The number of nitrogens with zero attached hydrogens (tertiary/aromatic N) is 1. The molecule has 0 fully saturated rings. The van der Waals surface area contributed by atoms with Crippen molar-refractivity contribution in [1.29, 1.82) is 0 Å². The molecule has 0 bridgehead atoms. The van der Waals surface area contributed by atoms with Crippen LogP contribution in [0.25, 0.3) is 0 Å². The molecule has 1 aromatic heterocycles. The molecule has 6 nitrogen and oxygen atoms in total. The minimum Gasteiger partial charge on any atom is -0.326 e. The van der Waals surface area contributed by atoms with E-state index in [4.69, 9.17) is 5.73 Å². The average molecular weight is 280 g/mol. The van der Waals surface area contributed by atoms with Crippen molar-refractivity contribution < 1.29 is 8.42 Å². The van der Waals surface area contributed by atoms with Crippen molar-refractivity contribution in [3.8, 4) is 0 Å². The number of nitrogens with two attached hydrogens (primary N) is 1. The smallest absolute Gasteiger partial charge is 0.234 e. The van der Waals surface area contributed by atoms with Crippen molar-refractivity contribution in [3.05, 3.63) is 47.7 Å². The summed E-state index contributed by atoms with van der Waals surface area (Å²) in [4.78, 5) is 0. The number of H-pyrrole nitrogens is 1. The summed E-state index contributed by atoms with van der Waals surface area (Å²) in [5, 5.41) is 6.35. The highest BCUT2D eigenvalue weighted by Crippen LogP contribution is 2.12. The summed E-state index contributed by atoms with van der Waals surface area (Å²) in [6.45, 7) is 0.229. The van der Waals surface area contributed by atoms with E-state index in [9.17, 15) is 8.42 Å². The highest BCUT2D eigenvalue weighted by molar-refractivity contribution is 7.92. The van der Waals surface area contributed by atoms with Gasteiger partial charge in [0, 0.05) is 12.1 Å². The van der Waals surface area contributed by atoms with Crippen LogP contribution in [-0.4, -0.2) is 24.4 Å². The maximum Gasteiger partial charge on any atom is 0.234 e. The Morgan fingerprint density at radius 1 is 1.26 bits per heavy atom. The summed E-state index contributed by atoms with van der Waals surface area (Å²) in [6.07, 6.45) is 1.97. The van der Waals surface area contributed by atoms with Gasteiger partial charge in [-0.05, 0) is 12.0 Å². The average Bonchev–Trinajstić information content (AvgIpc) is 2.84. The van der Waals surface area contributed by atoms with Crippen LogP contribution in [0.2, 0.25) is 0 Å². The van der Waals surface area contributed by atoms with Crippen LogP contribution >= 0.6 is 0 Å². The van der Waals surface area contributed by atoms with Gasteiger partial charge < -0.3 is 5.73 Å². The van der Waals surface area contributed by atoms with Crippen molar-refractivity contribution in [2.75, 3.05) is 10.5 Å². The first-order valence-corrected chi connectivity index (χ1v) is 7.52. The highest BCUT2D eigenvalue weighted by Gasteiger charge is 2.14. The van der Waals surface area contributed by atoms with E-state index < -0.39 is 10.0 Å². The first-order chi connectivity index (χ1) is 9.11. The van der Waals surface area contributed by atoms with Crippen LogP contribution in [0.4, 0.5) is 5.82 Å². The molecule has 1 aromatic carbocycles. The first-order valence-electron chi connectivity index (χ1n) is 5.87. The van der Waals surface area contributed by atoms with Gasteiger partial charge in [-0.3, -0.25) is 9.82 Å². The predicted molar refractivity (Wildman–Crippen MR) is 74.0 cm³/mol. The Kier molecular flexibility index (Phi) is 4.18. The lowest BCUT2D eigenvalue weighted by molar-refractivity contribution is 0.600. The quantitative estimate of drug-likeness (QED) is 0.730. The topological polar surface area (TPSA) is 101 Å². The van der Waals surface area contributed by atoms with Crippen molar-refractivity contribution >= 4 is 15.8 Å². The Morgan fingerprint density at radius 2 is 2.00 bits per heavy atom. The van der Waals surface area contributed by atoms with Gasteiger partial charge in [-0.25, -0.2) is 8.42 Å². The van der Waals surface area contributed by atoms with E-state index in [1.165, 1.54) is 6.20 Å².